The molecule has 0 radical (unpaired) electrons. The number of allylic oxidation sites excluding steroid dienone is 3. The summed E-state index contributed by atoms with van der Waals surface area (Å²) in [5, 5.41) is 2.76. The molecule has 16 heavy (non-hydrogen) atoms. The maximum atomic E-state index is 11.8. The molecule has 1 atom stereocenters. The number of carbonyl (C=O) groups excluding carboxylic acids is 2. The molecule has 0 saturated carbocycles. The van der Waals surface area contributed by atoms with E-state index in [-0.39, 0.29) is 17.9 Å². The number of piperazine rings is 1. The largest absolute Gasteiger partial charge is 0.353 e. The fourth-order valence-corrected chi connectivity index (χ4v) is 1.73. The summed E-state index contributed by atoms with van der Waals surface area (Å²) in [5.41, 5.74) is 0. The first-order chi connectivity index (χ1) is 7.70. The van der Waals surface area contributed by atoms with E-state index in [1.807, 2.05) is 19.9 Å². The zero-order chi connectivity index (χ0) is 12.0. The van der Waals surface area contributed by atoms with Crippen LogP contribution in [-0.2, 0) is 9.59 Å². The van der Waals surface area contributed by atoms with Crippen LogP contribution in [0.25, 0.3) is 0 Å². The van der Waals surface area contributed by atoms with Crippen LogP contribution >= 0.6 is 0 Å². The van der Waals surface area contributed by atoms with Gasteiger partial charge in [-0.25, -0.2) is 0 Å². The van der Waals surface area contributed by atoms with E-state index >= 15 is 0 Å². The average Bonchev–Trinajstić information content (AvgIpc) is 2.29. The van der Waals surface area contributed by atoms with E-state index in [2.05, 4.69) is 5.32 Å². The Morgan fingerprint density at radius 3 is 2.94 bits per heavy atom. The first-order valence-corrected chi connectivity index (χ1v) is 5.58. The van der Waals surface area contributed by atoms with Crippen LogP contribution in [0.15, 0.2) is 24.3 Å². The minimum absolute atomic E-state index is 0.0541. The normalized spacial score (nSPS) is 21.8. The first kappa shape index (κ1) is 12.5. The van der Waals surface area contributed by atoms with Gasteiger partial charge in [-0.2, -0.15) is 0 Å². The Balaban J connectivity index is 2.69. The summed E-state index contributed by atoms with van der Waals surface area (Å²) in [6.07, 6.45) is 7.49. The molecule has 0 aromatic heterocycles. The fraction of sp³-hybridized carbons (Fsp3) is 0.500. The van der Waals surface area contributed by atoms with Gasteiger partial charge >= 0.3 is 0 Å². The molecular formula is C12H18N2O2. The molecule has 0 bridgehead atoms. The zero-order valence-corrected chi connectivity index (χ0v) is 9.77. The van der Waals surface area contributed by atoms with Crippen LogP contribution in [0.3, 0.4) is 0 Å². The molecule has 1 aliphatic rings. The summed E-state index contributed by atoms with van der Waals surface area (Å²) < 4.78 is 0. The average molecular weight is 222 g/mol. The van der Waals surface area contributed by atoms with Crippen LogP contribution < -0.4 is 5.32 Å². The van der Waals surface area contributed by atoms with Gasteiger partial charge < -0.3 is 10.2 Å². The maximum absolute atomic E-state index is 11.8. The highest BCUT2D eigenvalue weighted by atomic mass is 16.2. The molecule has 0 aliphatic carbocycles. The van der Waals surface area contributed by atoms with Crippen LogP contribution in [0.5, 0.6) is 0 Å². The van der Waals surface area contributed by atoms with Crippen molar-refractivity contribution >= 4 is 11.8 Å². The summed E-state index contributed by atoms with van der Waals surface area (Å²) in [6.45, 7) is 4.92. The van der Waals surface area contributed by atoms with E-state index in [1.165, 1.54) is 6.08 Å². The van der Waals surface area contributed by atoms with Crippen molar-refractivity contribution in [1.29, 1.82) is 0 Å². The van der Waals surface area contributed by atoms with Crippen LogP contribution in [0.1, 0.15) is 20.3 Å². The van der Waals surface area contributed by atoms with Gasteiger partial charge in [0.05, 0.1) is 0 Å². The molecular weight excluding hydrogens is 204 g/mol. The summed E-state index contributed by atoms with van der Waals surface area (Å²) >= 11 is 0. The van der Waals surface area contributed by atoms with E-state index < -0.39 is 0 Å². The minimum Gasteiger partial charge on any atom is -0.353 e. The van der Waals surface area contributed by atoms with Gasteiger partial charge in [0.1, 0.15) is 6.04 Å². The number of hydrogen-bond acceptors (Lipinski definition) is 2. The van der Waals surface area contributed by atoms with E-state index in [1.54, 1.807) is 17.1 Å². The number of amides is 2. The highest BCUT2D eigenvalue weighted by Crippen LogP contribution is 2.09. The Labute approximate surface area is 96.0 Å². The lowest BCUT2D eigenvalue weighted by atomic mass is 10.1. The molecule has 1 heterocycles. The lowest BCUT2D eigenvalue weighted by Gasteiger charge is -2.33. The molecule has 1 saturated heterocycles. The topological polar surface area (TPSA) is 49.4 Å². The second kappa shape index (κ2) is 6.10. The Kier molecular flexibility index (Phi) is 4.76. The Bertz CT molecular complexity index is 321. The standard InChI is InChI=1S/C12H18N2O2/c1-3-5-6-7-11(15)14-9-8-13-12(16)10(14)4-2/h3,5-7,10H,4,8-9H2,1-2H3,(H,13,16)/b5-3+,7-6+. The lowest BCUT2D eigenvalue weighted by Crippen LogP contribution is -2.56. The number of nitrogens with zero attached hydrogens (tertiary/aromatic N) is 1. The molecule has 1 fully saturated rings. The smallest absolute Gasteiger partial charge is 0.247 e. The summed E-state index contributed by atoms with van der Waals surface area (Å²) in [7, 11) is 0. The molecule has 0 aromatic rings. The van der Waals surface area contributed by atoms with Gasteiger partial charge in [-0.1, -0.05) is 25.2 Å². The number of hydrogen-bond donors (Lipinski definition) is 1. The van der Waals surface area contributed by atoms with Gasteiger partial charge in [0.15, 0.2) is 0 Å². The van der Waals surface area contributed by atoms with Gasteiger partial charge in [-0.3, -0.25) is 9.59 Å². The van der Waals surface area contributed by atoms with Crippen LogP contribution in [0.2, 0.25) is 0 Å². The van der Waals surface area contributed by atoms with Crippen LogP contribution in [0.4, 0.5) is 0 Å². The molecule has 1 unspecified atom stereocenters. The third-order valence-electron chi connectivity index (χ3n) is 2.54. The molecule has 4 nitrogen and oxygen atoms in total. The second-order valence-electron chi connectivity index (χ2n) is 3.63. The van der Waals surface area contributed by atoms with E-state index in [9.17, 15) is 9.59 Å². The summed E-state index contributed by atoms with van der Waals surface area (Å²) in [6, 6.07) is -0.323. The van der Waals surface area contributed by atoms with E-state index in [0.29, 0.717) is 19.5 Å². The van der Waals surface area contributed by atoms with Crippen molar-refractivity contribution in [1.82, 2.24) is 10.2 Å². The van der Waals surface area contributed by atoms with Crippen LogP contribution in [0, 0.1) is 0 Å². The quantitative estimate of drug-likeness (QED) is 0.568. The molecule has 2 amide bonds. The van der Waals surface area contributed by atoms with Crippen molar-refractivity contribution in [2.75, 3.05) is 13.1 Å². The molecule has 1 N–H and O–H groups in total. The fourth-order valence-electron chi connectivity index (χ4n) is 1.73. The minimum atomic E-state index is -0.323. The first-order valence-electron chi connectivity index (χ1n) is 5.58. The van der Waals surface area contributed by atoms with Gasteiger partial charge in [-0.05, 0) is 13.3 Å². The molecule has 0 aromatic carbocycles. The Morgan fingerprint density at radius 2 is 2.31 bits per heavy atom. The lowest BCUT2D eigenvalue weighted by molar-refractivity contribution is -0.140. The predicted molar refractivity (Wildman–Crippen MR) is 62.8 cm³/mol. The summed E-state index contributed by atoms with van der Waals surface area (Å²) in [4.78, 5) is 25.0. The third-order valence-corrected chi connectivity index (χ3v) is 2.54. The van der Waals surface area contributed by atoms with E-state index in [0.717, 1.165) is 0 Å². The number of nitrogens with one attached hydrogen (secondary N) is 1. The maximum Gasteiger partial charge on any atom is 0.247 e. The number of carbonyl (C=O) groups is 2. The van der Waals surface area contributed by atoms with Crippen molar-refractivity contribution in [2.24, 2.45) is 0 Å². The molecule has 0 spiro atoms. The van der Waals surface area contributed by atoms with Gasteiger partial charge in [0.25, 0.3) is 0 Å². The van der Waals surface area contributed by atoms with Gasteiger partial charge in [0.2, 0.25) is 11.8 Å². The monoisotopic (exact) mass is 222 g/mol. The van der Waals surface area contributed by atoms with Crippen molar-refractivity contribution in [3.8, 4) is 0 Å². The molecule has 1 aliphatic heterocycles. The van der Waals surface area contributed by atoms with Crippen molar-refractivity contribution < 1.29 is 9.59 Å². The third kappa shape index (κ3) is 2.95. The van der Waals surface area contributed by atoms with Crippen LogP contribution in [-0.4, -0.2) is 35.8 Å². The zero-order valence-electron chi connectivity index (χ0n) is 9.77. The van der Waals surface area contributed by atoms with Gasteiger partial charge in [0, 0.05) is 19.2 Å². The van der Waals surface area contributed by atoms with Crippen molar-refractivity contribution in [3.63, 3.8) is 0 Å². The Morgan fingerprint density at radius 1 is 1.56 bits per heavy atom. The highest BCUT2D eigenvalue weighted by Gasteiger charge is 2.30. The van der Waals surface area contributed by atoms with E-state index in [4.69, 9.17) is 0 Å². The molecule has 1 rings (SSSR count). The van der Waals surface area contributed by atoms with Crippen molar-refractivity contribution in [2.45, 2.75) is 26.3 Å². The summed E-state index contributed by atoms with van der Waals surface area (Å²) in [5.74, 6) is -0.152. The second-order valence-corrected chi connectivity index (χ2v) is 3.63. The predicted octanol–water partition coefficient (Wildman–Crippen LogP) is 0.856. The Hall–Kier alpha value is -1.58. The van der Waals surface area contributed by atoms with Crippen molar-refractivity contribution in [3.05, 3.63) is 24.3 Å². The number of rotatable bonds is 3. The highest BCUT2D eigenvalue weighted by molar-refractivity contribution is 5.93. The SMILES string of the molecule is C/C=C/C=C/C(=O)N1CCNC(=O)C1CC. The van der Waals surface area contributed by atoms with Gasteiger partial charge in [-0.15, -0.1) is 0 Å². The molecule has 88 valence electrons. The molecule has 4 heteroatoms.